The van der Waals surface area contributed by atoms with Crippen molar-refractivity contribution in [1.82, 2.24) is 20.1 Å². The molecule has 27 heavy (non-hydrogen) atoms. The van der Waals surface area contributed by atoms with Crippen molar-refractivity contribution in [1.29, 1.82) is 0 Å². The molecule has 0 radical (unpaired) electrons. The van der Waals surface area contributed by atoms with Gasteiger partial charge in [0, 0.05) is 18.6 Å². The zero-order chi connectivity index (χ0) is 18.8. The van der Waals surface area contributed by atoms with Crippen molar-refractivity contribution < 1.29 is 13.9 Å². The predicted molar refractivity (Wildman–Crippen MR) is 97.0 cm³/mol. The number of benzene rings is 2. The fraction of sp³-hybridized carbons (Fsp3) is 0.250. The number of fused-ring (bicyclic) bond motifs is 1. The predicted octanol–water partition coefficient (Wildman–Crippen LogP) is 2.97. The number of rotatable bonds is 6. The molecule has 2 aromatic carbocycles. The summed E-state index contributed by atoms with van der Waals surface area (Å²) in [6, 6.07) is 13.6. The SMILES string of the molecule is CCOCc1nc(C[C@@H]2NC(=O)c3ccccc32)n(-c2ccccc2F)n1. The van der Waals surface area contributed by atoms with Crippen LogP contribution in [-0.2, 0) is 17.8 Å². The van der Waals surface area contributed by atoms with E-state index in [0.717, 1.165) is 5.56 Å². The Hall–Kier alpha value is -3.06. The molecule has 6 nitrogen and oxygen atoms in total. The first-order valence-electron chi connectivity index (χ1n) is 8.84. The molecule has 0 aliphatic carbocycles. The van der Waals surface area contributed by atoms with Crippen LogP contribution in [0.4, 0.5) is 4.39 Å². The number of aromatic nitrogens is 3. The number of nitrogens with one attached hydrogen (secondary N) is 1. The highest BCUT2D eigenvalue weighted by atomic mass is 19.1. The monoisotopic (exact) mass is 366 g/mol. The number of halogens is 1. The molecule has 1 aromatic heterocycles. The number of amides is 1. The largest absolute Gasteiger partial charge is 0.374 e. The Bertz CT molecular complexity index is 986. The smallest absolute Gasteiger partial charge is 0.252 e. The zero-order valence-electron chi connectivity index (χ0n) is 14.9. The number of carbonyl (C=O) groups excluding carboxylic acids is 1. The van der Waals surface area contributed by atoms with Crippen molar-refractivity contribution in [2.75, 3.05) is 6.61 Å². The average Bonchev–Trinajstić information content (AvgIpc) is 3.22. The van der Waals surface area contributed by atoms with E-state index in [4.69, 9.17) is 4.74 Å². The Morgan fingerprint density at radius 3 is 2.78 bits per heavy atom. The number of hydrogen-bond donors (Lipinski definition) is 1. The normalized spacial score (nSPS) is 15.6. The Kier molecular flexibility index (Phi) is 4.68. The van der Waals surface area contributed by atoms with Gasteiger partial charge in [-0.15, -0.1) is 5.10 Å². The van der Waals surface area contributed by atoms with Crippen LogP contribution in [0.3, 0.4) is 0 Å². The van der Waals surface area contributed by atoms with Crippen molar-refractivity contribution in [3.8, 4) is 5.69 Å². The number of para-hydroxylation sites is 1. The molecule has 1 aliphatic rings. The second kappa shape index (κ2) is 7.28. The van der Waals surface area contributed by atoms with E-state index in [-0.39, 0.29) is 24.4 Å². The topological polar surface area (TPSA) is 69.0 Å². The second-order valence-electron chi connectivity index (χ2n) is 6.26. The lowest BCUT2D eigenvalue weighted by Crippen LogP contribution is -2.22. The van der Waals surface area contributed by atoms with Gasteiger partial charge in [0.05, 0.1) is 6.04 Å². The minimum atomic E-state index is -0.387. The summed E-state index contributed by atoms with van der Waals surface area (Å²) in [5.41, 5.74) is 1.89. The van der Waals surface area contributed by atoms with Gasteiger partial charge in [0.1, 0.15) is 23.9 Å². The van der Waals surface area contributed by atoms with Crippen molar-refractivity contribution in [2.45, 2.75) is 26.0 Å². The molecular formula is C20H19FN4O2. The van der Waals surface area contributed by atoms with Crippen molar-refractivity contribution in [2.24, 2.45) is 0 Å². The van der Waals surface area contributed by atoms with Crippen molar-refractivity contribution >= 4 is 5.91 Å². The first kappa shape index (κ1) is 17.4. The molecule has 0 saturated heterocycles. The van der Waals surface area contributed by atoms with Crippen LogP contribution in [0.1, 0.15) is 40.5 Å². The fourth-order valence-corrected chi connectivity index (χ4v) is 3.26. The highest BCUT2D eigenvalue weighted by molar-refractivity contribution is 5.99. The number of ether oxygens (including phenoxy) is 1. The lowest BCUT2D eigenvalue weighted by atomic mass is 10.0. The van der Waals surface area contributed by atoms with Gasteiger partial charge in [-0.3, -0.25) is 4.79 Å². The molecular weight excluding hydrogens is 347 g/mol. The first-order valence-corrected chi connectivity index (χ1v) is 8.84. The Balaban J connectivity index is 1.71. The van der Waals surface area contributed by atoms with Gasteiger partial charge in [-0.05, 0) is 30.7 Å². The summed E-state index contributed by atoms with van der Waals surface area (Å²) < 4.78 is 21.2. The fourth-order valence-electron chi connectivity index (χ4n) is 3.26. The highest BCUT2D eigenvalue weighted by Gasteiger charge is 2.30. The molecule has 138 valence electrons. The van der Waals surface area contributed by atoms with E-state index in [1.807, 2.05) is 25.1 Å². The van der Waals surface area contributed by atoms with E-state index >= 15 is 0 Å². The molecule has 4 rings (SSSR count). The first-order chi connectivity index (χ1) is 13.2. The third-order valence-electron chi connectivity index (χ3n) is 4.51. The Morgan fingerprint density at radius 1 is 1.19 bits per heavy atom. The molecule has 1 amide bonds. The van der Waals surface area contributed by atoms with Crippen LogP contribution in [0.5, 0.6) is 0 Å². The van der Waals surface area contributed by atoms with Crippen LogP contribution in [0.25, 0.3) is 5.69 Å². The van der Waals surface area contributed by atoms with E-state index in [9.17, 15) is 9.18 Å². The van der Waals surface area contributed by atoms with Crippen LogP contribution >= 0.6 is 0 Å². The molecule has 0 bridgehead atoms. The number of carbonyl (C=O) groups is 1. The summed E-state index contributed by atoms with van der Waals surface area (Å²) in [5, 5.41) is 7.39. The van der Waals surface area contributed by atoms with E-state index < -0.39 is 0 Å². The summed E-state index contributed by atoms with van der Waals surface area (Å²) in [7, 11) is 0. The van der Waals surface area contributed by atoms with Crippen LogP contribution in [0.2, 0.25) is 0 Å². The molecule has 2 heterocycles. The van der Waals surface area contributed by atoms with E-state index in [0.29, 0.717) is 35.9 Å². The van der Waals surface area contributed by atoms with Gasteiger partial charge < -0.3 is 10.1 Å². The third-order valence-corrected chi connectivity index (χ3v) is 4.51. The second-order valence-corrected chi connectivity index (χ2v) is 6.26. The van der Waals surface area contributed by atoms with E-state index in [1.54, 1.807) is 24.3 Å². The van der Waals surface area contributed by atoms with Gasteiger partial charge >= 0.3 is 0 Å². The van der Waals surface area contributed by atoms with Gasteiger partial charge in [-0.2, -0.15) is 0 Å². The van der Waals surface area contributed by atoms with Gasteiger partial charge in [-0.25, -0.2) is 14.1 Å². The molecule has 0 unspecified atom stereocenters. The number of nitrogens with zero attached hydrogens (tertiary/aromatic N) is 3. The summed E-state index contributed by atoms with van der Waals surface area (Å²) in [6.07, 6.45) is 0.399. The van der Waals surface area contributed by atoms with Gasteiger partial charge in [-0.1, -0.05) is 30.3 Å². The summed E-state index contributed by atoms with van der Waals surface area (Å²) in [6.45, 7) is 2.67. The maximum atomic E-state index is 14.3. The molecule has 3 aromatic rings. The number of hydrogen-bond acceptors (Lipinski definition) is 4. The Labute approximate surface area is 156 Å². The lowest BCUT2D eigenvalue weighted by Gasteiger charge is -2.12. The van der Waals surface area contributed by atoms with E-state index in [2.05, 4.69) is 15.4 Å². The average molecular weight is 366 g/mol. The lowest BCUT2D eigenvalue weighted by molar-refractivity contribution is 0.0956. The standard InChI is InChI=1S/C20H19FN4O2/c1-2-27-12-18-23-19(25(24-18)17-10-6-5-9-15(17)21)11-16-13-7-3-4-8-14(13)20(26)22-16/h3-10,16H,2,11-12H2,1H3,(H,22,26)/t16-/m0/s1. The van der Waals surface area contributed by atoms with Crippen molar-refractivity contribution in [3.63, 3.8) is 0 Å². The zero-order valence-corrected chi connectivity index (χ0v) is 14.9. The maximum absolute atomic E-state index is 14.3. The van der Waals surface area contributed by atoms with Crippen LogP contribution < -0.4 is 5.32 Å². The summed E-state index contributed by atoms with van der Waals surface area (Å²) in [4.78, 5) is 16.7. The maximum Gasteiger partial charge on any atom is 0.252 e. The third kappa shape index (κ3) is 3.33. The van der Waals surface area contributed by atoms with Crippen molar-refractivity contribution in [3.05, 3.63) is 77.1 Å². The minimum Gasteiger partial charge on any atom is -0.374 e. The van der Waals surface area contributed by atoms with Gasteiger partial charge in [0.15, 0.2) is 5.82 Å². The van der Waals surface area contributed by atoms with Crippen LogP contribution in [-0.4, -0.2) is 27.3 Å². The molecule has 7 heteroatoms. The van der Waals surface area contributed by atoms with E-state index in [1.165, 1.54) is 10.7 Å². The summed E-state index contributed by atoms with van der Waals surface area (Å²) >= 11 is 0. The van der Waals surface area contributed by atoms with Crippen LogP contribution in [0, 0.1) is 5.82 Å². The summed E-state index contributed by atoms with van der Waals surface area (Å²) in [5.74, 6) is 0.550. The molecule has 0 fully saturated rings. The van der Waals surface area contributed by atoms with Crippen LogP contribution in [0.15, 0.2) is 48.5 Å². The molecule has 1 aliphatic heterocycles. The molecule has 0 saturated carbocycles. The molecule has 1 N–H and O–H groups in total. The van der Waals surface area contributed by atoms with Gasteiger partial charge in [0.2, 0.25) is 0 Å². The molecule has 0 spiro atoms. The Morgan fingerprint density at radius 2 is 1.96 bits per heavy atom. The van der Waals surface area contributed by atoms with Gasteiger partial charge in [0.25, 0.3) is 5.91 Å². The molecule has 1 atom stereocenters. The highest BCUT2D eigenvalue weighted by Crippen LogP contribution is 2.28. The minimum absolute atomic E-state index is 0.109. The quantitative estimate of drug-likeness (QED) is 0.728.